The van der Waals surface area contributed by atoms with E-state index in [1.807, 2.05) is 0 Å². The quantitative estimate of drug-likeness (QED) is 0.830. The predicted octanol–water partition coefficient (Wildman–Crippen LogP) is 1.92. The molecule has 1 aliphatic rings. The van der Waals surface area contributed by atoms with Crippen molar-refractivity contribution in [2.24, 2.45) is 7.05 Å². The number of fused-ring (bicyclic) bond motifs is 1. The minimum atomic E-state index is 0.334. The van der Waals surface area contributed by atoms with Crippen molar-refractivity contribution in [3.8, 4) is 5.75 Å². The van der Waals surface area contributed by atoms with Crippen LogP contribution in [0, 0.1) is 0 Å². The minimum Gasteiger partial charge on any atom is -0.489 e. The maximum absolute atomic E-state index is 5.92. The first kappa shape index (κ1) is 9.73. The van der Waals surface area contributed by atoms with E-state index >= 15 is 0 Å². The molecule has 3 nitrogen and oxygen atoms in total. The fraction of sp³-hybridized carbons (Fsp3) is 0.385. The summed E-state index contributed by atoms with van der Waals surface area (Å²) in [6.45, 7) is 2.03. The topological polar surface area (TPSA) is 26.2 Å². The average molecular weight is 216 g/mol. The summed E-state index contributed by atoms with van der Waals surface area (Å²) in [6.07, 6.45) is 3.51. The van der Waals surface area contributed by atoms with Crippen molar-refractivity contribution in [1.29, 1.82) is 0 Å². The van der Waals surface area contributed by atoms with Crippen LogP contribution >= 0.6 is 0 Å². The number of hydrogen-bond donors (Lipinski definition) is 1. The van der Waals surface area contributed by atoms with Crippen molar-refractivity contribution in [2.45, 2.75) is 12.5 Å². The van der Waals surface area contributed by atoms with Crippen molar-refractivity contribution in [1.82, 2.24) is 9.88 Å². The molecular formula is C13H16N2O. The third-order valence-electron chi connectivity index (χ3n) is 3.17. The van der Waals surface area contributed by atoms with Gasteiger partial charge in [-0.2, -0.15) is 0 Å². The maximum Gasteiger partial charge on any atom is 0.120 e. The molecule has 0 bridgehead atoms. The number of aromatic nitrogens is 1. The van der Waals surface area contributed by atoms with Gasteiger partial charge in [0.25, 0.3) is 0 Å². The molecule has 1 aromatic carbocycles. The Morgan fingerprint density at radius 2 is 2.31 bits per heavy atom. The predicted molar refractivity (Wildman–Crippen MR) is 64.8 cm³/mol. The second-order valence-electron chi connectivity index (χ2n) is 4.38. The van der Waals surface area contributed by atoms with Crippen LogP contribution in [-0.2, 0) is 7.05 Å². The van der Waals surface area contributed by atoms with Crippen LogP contribution in [0.4, 0.5) is 0 Å². The molecule has 1 saturated heterocycles. The molecule has 0 radical (unpaired) electrons. The Hall–Kier alpha value is -1.48. The lowest BCUT2D eigenvalue weighted by molar-refractivity contribution is 0.223. The Balaban J connectivity index is 1.87. The third kappa shape index (κ3) is 1.67. The molecule has 1 fully saturated rings. The summed E-state index contributed by atoms with van der Waals surface area (Å²) >= 11 is 0. The number of hydrogen-bond acceptors (Lipinski definition) is 2. The molecule has 3 rings (SSSR count). The fourth-order valence-electron chi connectivity index (χ4n) is 2.25. The zero-order valence-corrected chi connectivity index (χ0v) is 9.44. The lowest BCUT2D eigenvalue weighted by Crippen LogP contribution is -2.19. The zero-order valence-electron chi connectivity index (χ0n) is 9.44. The van der Waals surface area contributed by atoms with Gasteiger partial charge in [0.05, 0.1) is 0 Å². The lowest BCUT2D eigenvalue weighted by atomic mass is 10.2. The van der Waals surface area contributed by atoms with Gasteiger partial charge in [-0.3, -0.25) is 0 Å². The monoisotopic (exact) mass is 216 g/mol. The van der Waals surface area contributed by atoms with Gasteiger partial charge >= 0.3 is 0 Å². The molecule has 2 aromatic rings. The maximum atomic E-state index is 5.92. The third-order valence-corrected chi connectivity index (χ3v) is 3.17. The van der Waals surface area contributed by atoms with Crippen molar-refractivity contribution >= 4 is 10.9 Å². The van der Waals surface area contributed by atoms with E-state index in [2.05, 4.69) is 47.4 Å². The van der Waals surface area contributed by atoms with Crippen molar-refractivity contribution in [3.05, 3.63) is 30.5 Å². The van der Waals surface area contributed by atoms with Gasteiger partial charge in [0.2, 0.25) is 0 Å². The summed E-state index contributed by atoms with van der Waals surface area (Å²) in [5, 5.41) is 4.55. The number of aryl methyl sites for hydroxylation is 1. The van der Waals surface area contributed by atoms with E-state index in [4.69, 9.17) is 4.74 Å². The first-order valence-electron chi connectivity index (χ1n) is 5.75. The minimum absolute atomic E-state index is 0.334. The highest BCUT2D eigenvalue weighted by Crippen LogP contribution is 2.22. The van der Waals surface area contributed by atoms with Crippen LogP contribution in [0.2, 0.25) is 0 Å². The standard InChI is InChI=1S/C13H16N2O/c1-15-7-5-10-8-11(2-3-13(10)15)16-12-4-6-14-9-12/h2-3,5,7-8,12,14H,4,6,9H2,1H3. The van der Waals surface area contributed by atoms with Crippen LogP contribution in [0.15, 0.2) is 30.5 Å². The Bertz CT molecular complexity index is 498. The van der Waals surface area contributed by atoms with Gasteiger partial charge in [-0.05, 0) is 37.2 Å². The van der Waals surface area contributed by atoms with E-state index in [0.717, 1.165) is 25.3 Å². The highest BCUT2D eigenvalue weighted by Gasteiger charge is 2.15. The Labute approximate surface area is 95.0 Å². The average Bonchev–Trinajstić information content (AvgIpc) is 2.90. The van der Waals surface area contributed by atoms with Crippen LogP contribution in [0.1, 0.15) is 6.42 Å². The fourth-order valence-corrected chi connectivity index (χ4v) is 2.25. The first-order chi connectivity index (χ1) is 7.83. The van der Waals surface area contributed by atoms with Gasteiger partial charge in [0, 0.05) is 30.7 Å². The summed E-state index contributed by atoms with van der Waals surface area (Å²) in [5.41, 5.74) is 1.25. The first-order valence-corrected chi connectivity index (χ1v) is 5.75. The molecule has 1 unspecified atom stereocenters. The van der Waals surface area contributed by atoms with E-state index in [1.165, 1.54) is 10.9 Å². The summed E-state index contributed by atoms with van der Waals surface area (Å²) < 4.78 is 8.04. The molecule has 0 aliphatic carbocycles. The molecule has 0 spiro atoms. The molecule has 2 heterocycles. The molecule has 84 valence electrons. The zero-order chi connectivity index (χ0) is 11.0. The SMILES string of the molecule is Cn1ccc2cc(OC3CCNC3)ccc21. The molecule has 16 heavy (non-hydrogen) atoms. The van der Waals surface area contributed by atoms with E-state index in [9.17, 15) is 0 Å². The van der Waals surface area contributed by atoms with Crippen LogP contribution in [0.3, 0.4) is 0 Å². The number of benzene rings is 1. The van der Waals surface area contributed by atoms with E-state index in [0.29, 0.717) is 6.10 Å². The molecule has 1 aromatic heterocycles. The van der Waals surface area contributed by atoms with Gasteiger partial charge in [-0.15, -0.1) is 0 Å². The van der Waals surface area contributed by atoms with Crippen LogP contribution in [0.25, 0.3) is 10.9 Å². The summed E-state index contributed by atoms with van der Waals surface area (Å²) in [6, 6.07) is 8.41. The Morgan fingerprint density at radius 1 is 1.38 bits per heavy atom. The molecule has 0 amide bonds. The lowest BCUT2D eigenvalue weighted by Gasteiger charge is -2.12. The summed E-state index contributed by atoms with van der Waals surface area (Å²) in [5.74, 6) is 0.979. The van der Waals surface area contributed by atoms with Crippen molar-refractivity contribution in [3.63, 3.8) is 0 Å². The van der Waals surface area contributed by atoms with Gasteiger partial charge in [-0.25, -0.2) is 0 Å². The smallest absolute Gasteiger partial charge is 0.120 e. The molecule has 1 atom stereocenters. The molecule has 3 heteroatoms. The number of ether oxygens (including phenoxy) is 1. The number of rotatable bonds is 2. The summed E-state index contributed by atoms with van der Waals surface area (Å²) in [4.78, 5) is 0. The van der Waals surface area contributed by atoms with Gasteiger partial charge < -0.3 is 14.6 Å². The second-order valence-corrected chi connectivity index (χ2v) is 4.38. The summed E-state index contributed by atoms with van der Waals surface area (Å²) in [7, 11) is 2.06. The molecular weight excluding hydrogens is 200 g/mol. The van der Waals surface area contributed by atoms with Crippen LogP contribution in [0.5, 0.6) is 5.75 Å². The van der Waals surface area contributed by atoms with E-state index in [-0.39, 0.29) is 0 Å². The Kier molecular flexibility index (Phi) is 2.33. The molecule has 1 N–H and O–H groups in total. The van der Waals surface area contributed by atoms with Crippen LogP contribution in [-0.4, -0.2) is 23.8 Å². The molecule has 1 aliphatic heterocycles. The Morgan fingerprint density at radius 3 is 3.12 bits per heavy atom. The number of nitrogens with one attached hydrogen (secondary N) is 1. The van der Waals surface area contributed by atoms with Crippen molar-refractivity contribution < 1.29 is 4.74 Å². The van der Waals surface area contributed by atoms with Crippen molar-refractivity contribution in [2.75, 3.05) is 13.1 Å². The normalized spacial score (nSPS) is 20.4. The van der Waals surface area contributed by atoms with Gasteiger partial charge in [-0.1, -0.05) is 0 Å². The largest absolute Gasteiger partial charge is 0.489 e. The molecule has 0 saturated carbocycles. The highest BCUT2D eigenvalue weighted by molar-refractivity contribution is 5.81. The van der Waals surface area contributed by atoms with E-state index < -0.39 is 0 Å². The van der Waals surface area contributed by atoms with Gasteiger partial charge in [0.15, 0.2) is 0 Å². The second kappa shape index (κ2) is 3.83. The number of nitrogens with zero attached hydrogens (tertiary/aromatic N) is 1. The van der Waals surface area contributed by atoms with Gasteiger partial charge in [0.1, 0.15) is 11.9 Å². The van der Waals surface area contributed by atoms with E-state index in [1.54, 1.807) is 0 Å². The van der Waals surface area contributed by atoms with Crippen LogP contribution < -0.4 is 10.1 Å². The highest BCUT2D eigenvalue weighted by atomic mass is 16.5.